The first-order chi connectivity index (χ1) is 9.33. The molecule has 7 atom stereocenters. The molecule has 4 rings (SSSR count). The van der Waals surface area contributed by atoms with E-state index in [-0.39, 0.29) is 35.2 Å². The molecule has 7 unspecified atom stereocenters. The lowest BCUT2D eigenvalue weighted by atomic mass is 9.53. The quantitative estimate of drug-likeness (QED) is 0.739. The van der Waals surface area contributed by atoms with Gasteiger partial charge in [0.25, 0.3) is 0 Å². The van der Waals surface area contributed by atoms with Crippen LogP contribution in [0.5, 0.6) is 0 Å². The van der Waals surface area contributed by atoms with Crippen LogP contribution in [0.2, 0.25) is 0 Å². The average Bonchev–Trinajstić information content (AvgIpc) is 2.92. The van der Waals surface area contributed by atoms with E-state index in [1.165, 1.54) is 0 Å². The number of fused-ring (bicyclic) bond motifs is 4. The van der Waals surface area contributed by atoms with Crippen molar-refractivity contribution in [3.8, 4) is 0 Å². The van der Waals surface area contributed by atoms with Crippen molar-refractivity contribution >= 4 is 5.97 Å². The number of likely N-dealkylation sites (tertiary alicyclic amines) is 1. The van der Waals surface area contributed by atoms with Crippen molar-refractivity contribution in [2.24, 2.45) is 35.0 Å². The fraction of sp³-hybridized carbons (Fsp3) is 0.938. The van der Waals surface area contributed by atoms with Crippen LogP contribution in [-0.4, -0.2) is 41.4 Å². The van der Waals surface area contributed by atoms with Crippen molar-refractivity contribution in [1.29, 1.82) is 0 Å². The van der Waals surface area contributed by atoms with Crippen molar-refractivity contribution in [1.82, 2.24) is 4.90 Å². The van der Waals surface area contributed by atoms with Gasteiger partial charge in [0.15, 0.2) is 5.72 Å². The Bertz CT molecular complexity index is 478. The molecule has 4 fully saturated rings. The molecule has 2 saturated heterocycles. The number of hydrogen-bond acceptors (Lipinski definition) is 4. The smallest absolute Gasteiger partial charge is 0.310 e. The molecule has 2 bridgehead atoms. The first-order valence-electron chi connectivity index (χ1n) is 7.97. The van der Waals surface area contributed by atoms with Crippen LogP contribution in [0.25, 0.3) is 0 Å². The molecule has 4 nitrogen and oxygen atoms in total. The number of hydrogen-bond donors (Lipinski definition) is 1. The Morgan fingerprint density at radius 2 is 2.10 bits per heavy atom. The molecular formula is C16H25NO3. The Balaban J connectivity index is 1.92. The standard InChI is InChI=1S/C16H25NO3/c1-8(2)11-12-10-6-5-9-7-17(4)16(19,15(9,10)3)13(11)20-14(12)18/h8-13,19H,5-7H2,1-4H3. The van der Waals surface area contributed by atoms with Gasteiger partial charge in [-0.05, 0) is 37.6 Å². The molecule has 0 radical (unpaired) electrons. The number of carbonyl (C=O) groups is 1. The van der Waals surface area contributed by atoms with E-state index in [0.29, 0.717) is 11.8 Å². The van der Waals surface area contributed by atoms with E-state index in [0.717, 1.165) is 19.4 Å². The summed E-state index contributed by atoms with van der Waals surface area (Å²) in [5, 5.41) is 11.6. The van der Waals surface area contributed by atoms with Crippen molar-refractivity contribution in [2.45, 2.75) is 45.4 Å². The van der Waals surface area contributed by atoms with Crippen molar-refractivity contribution in [2.75, 3.05) is 13.6 Å². The Morgan fingerprint density at radius 1 is 1.40 bits per heavy atom. The molecule has 4 heteroatoms. The van der Waals surface area contributed by atoms with Gasteiger partial charge < -0.3 is 9.84 Å². The molecule has 0 aromatic heterocycles. The molecule has 0 aromatic carbocycles. The lowest BCUT2D eigenvalue weighted by molar-refractivity contribution is -0.247. The van der Waals surface area contributed by atoms with Crippen molar-refractivity contribution < 1.29 is 14.6 Å². The van der Waals surface area contributed by atoms with Crippen LogP contribution in [0.3, 0.4) is 0 Å². The number of aliphatic hydroxyl groups is 1. The highest BCUT2D eigenvalue weighted by atomic mass is 16.6. The van der Waals surface area contributed by atoms with Gasteiger partial charge in [0.1, 0.15) is 6.10 Å². The van der Waals surface area contributed by atoms with Gasteiger partial charge in [0, 0.05) is 17.9 Å². The Hall–Kier alpha value is -0.610. The number of rotatable bonds is 1. The summed E-state index contributed by atoms with van der Waals surface area (Å²) in [6.45, 7) is 7.44. The van der Waals surface area contributed by atoms with Crippen LogP contribution in [0.4, 0.5) is 0 Å². The van der Waals surface area contributed by atoms with Crippen LogP contribution in [0.15, 0.2) is 0 Å². The molecule has 0 spiro atoms. The average molecular weight is 279 g/mol. The first-order valence-corrected chi connectivity index (χ1v) is 7.97. The highest BCUT2D eigenvalue weighted by molar-refractivity contribution is 5.77. The minimum absolute atomic E-state index is 0.00164. The summed E-state index contributed by atoms with van der Waals surface area (Å²) in [4.78, 5) is 14.5. The summed E-state index contributed by atoms with van der Waals surface area (Å²) < 4.78 is 5.73. The molecule has 0 amide bonds. The minimum Gasteiger partial charge on any atom is -0.457 e. The van der Waals surface area contributed by atoms with Crippen molar-refractivity contribution in [3.05, 3.63) is 0 Å². The summed E-state index contributed by atoms with van der Waals surface area (Å²) in [6, 6.07) is 0. The molecule has 2 saturated carbocycles. The minimum atomic E-state index is -0.976. The third kappa shape index (κ3) is 1.09. The maximum atomic E-state index is 12.4. The second-order valence-corrected chi connectivity index (χ2v) is 7.97. The number of nitrogens with zero attached hydrogens (tertiary/aromatic N) is 1. The lowest BCUT2D eigenvalue weighted by Crippen LogP contribution is -2.67. The molecule has 20 heavy (non-hydrogen) atoms. The fourth-order valence-corrected chi connectivity index (χ4v) is 6.27. The van der Waals surface area contributed by atoms with Gasteiger partial charge in [0.05, 0.1) is 5.92 Å². The maximum absolute atomic E-state index is 12.4. The van der Waals surface area contributed by atoms with Gasteiger partial charge in [-0.15, -0.1) is 0 Å². The summed E-state index contributed by atoms with van der Waals surface area (Å²) in [5.41, 5.74) is -1.16. The van der Waals surface area contributed by atoms with E-state index in [4.69, 9.17) is 4.74 Å². The molecule has 2 heterocycles. The maximum Gasteiger partial charge on any atom is 0.310 e. The summed E-state index contributed by atoms with van der Waals surface area (Å²) >= 11 is 0. The molecule has 4 aliphatic rings. The lowest BCUT2D eigenvalue weighted by Gasteiger charge is -2.54. The predicted octanol–water partition coefficient (Wildman–Crippen LogP) is 1.48. The number of likely N-dealkylation sites (N-methyl/N-ethyl adjacent to an activating group) is 1. The van der Waals surface area contributed by atoms with Crippen molar-refractivity contribution in [3.63, 3.8) is 0 Å². The van der Waals surface area contributed by atoms with Crippen LogP contribution >= 0.6 is 0 Å². The predicted molar refractivity (Wildman–Crippen MR) is 73.6 cm³/mol. The summed E-state index contributed by atoms with van der Waals surface area (Å²) in [7, 11) is 1.99. The zero-order valence-corrected chi connectivity index (χ0v) is 12.8. The number of esters is 1. The van der Waals surface area contributed by atoms with Gasteiger partial charge in [-0.25, -0.2) is 0 Å². The monoisotopic (exact) mass is 279 g/mol. The molecule has 2 aliphatic heterocycles. The Kier molecular flexibility index (Phi) is 2.34. The van der Waals surface area contributed by atoms with Crippen LogP contribution in [0, 0.1) is 35.0 Å². The molecule has 112 valence electrons. The van der Waals surface area contributed by atoms with Gasteiger partial charge in [-0.2, -0.15) is 0 Å². The highest BCUT2D eigenvalue weighted by Crippen LogP contribution is 2.70. The fourth-order valence-electron chi connectivity index (χ4n) is 6.27. The number of carbonyl (C=O) groups excluding carboxylic acids is 1. The largest absolute Gasteiger partial charge is 0.457 e. The van der Waals surface area contributed by atoms with Crippen LogP contribution in [0.1, 0.15) is 33.6 Å². The zero-order chi connectivity index (χ0) is 14.4. The van der Waals surface area contributed by atoms with Crippen LogP contribution < -0.4 is 0 Å². The second-order valence-electron chi connectivity index (χ2n) is 7.97. The van der Waals surface area contributed by atoms with Crippen LogP contribution in [-0.2, 0) is 9.53 Å². The van der Waals surface area contributed by atoms with E-state index in [9.17, 15) is 9.90 Å². The normalized spacial score (nSPS) is 57.3. The molecular weight excluding hydrogens is 254 g/mol. The van der Waals surface area contributed by atoms with Gasteiger partial charge in [-0.3, -0.25) is 9.69 Å². The van der Waals surface area contributed by atoms with Gasteiger partial charge in [0.2, 0.25) is 0 Å². The molecule has 2 aliphatic carbocycles. The van der Waals surface area contributed by atoms with E-state index in [2.05, 4.69) is 25.7 Å². The third-order valence-electron chi connectivity index (χ3n) is 7.19. The van der Waals surface area contributed by atoms with E-state index in [1.807, 2.05) is 7.05 Å². The van der Waals surface area contributed by atoms with E-state index < -0.39 is 5.72 Å². The SMILES string of the molecule is CC(C)C1C2C(=O)OC1C1(O)N(C)CC3CCC2C31C. The number of ether oxygens (including phenoxy) is 1. The first kappa shape index (κ1) is 13.1. The molecule has 0 aromatic rings. The Labute approximate surface area is 120 Å². The summed E-state index contributed by atoms with van der Waals surface area (Å²) in [5.74, 6) is 1.23. The topological polar surface area (TPSA) is 49.8 Å². The van der Waals surface area contributed by atoms with Gasteiger partial charge in [-0.1, -0.05) is 20.8 Å². The van der Waals surface area contributed by atoms with Gasteiger partial charge >= 0.3 is 5.97 Å². The third-order valence-corrected chi connectivity index (χ3v) is 7.19. The Morgan fingerprint density at radius 3 is 2.75 bits per heavy atom. The van der Waals surface area contributed by atoms with E-state index in [1.54, 1.807) is 0 Å². The molecule has 1 N–H and O–H groups in total. The second kappa shape index (κ2) is 3.58. The summed E-state index contributed by atoms with van der Waals surface area (Å²) in [6.07, 6.45) is 1.84. The van der Waals surface area contributed by atoms with E-state index >= 15 is 0 Å². The highest BCUT2D eigenvalue weighted by Gasteiger charge is 2.78. The zero-order valence-electron chi connectivity index (χ0n) is 12.8.